The van der Waals surface area contributed by atoms with E-state index in [1.165, 1.54) is 0 Å². The van der Waals surface area contributed by atoms with Crippen LogP contribution in [0.2, 0.25) is 0 Å². The van der Waals surface area contributed by atoms with Gasteiger partial charge < -0.3 is 10.5 Å². The molecule has 0 unspecified atom stereocenters. The van der Waals surface area contributed by atoms with Gasteiger partial charge in [-0.1, -0.05) is 0 Å². The molecular weight excluding hydrogens is 274 g/mol. The quantitative estimate of drug-likeness (QED) is 0.872. The second kappa shape index (κ2) is 5.92. The highest BCUT2D eigenvalue weighted by atomic mass is 19.1. The summed E-state index contributed by atoms with van der Waals surface area (Å²) in [6, 6.07) is 4.48. The Labute approximate surface area is 112 Å². The molecule has 20 heavy (non-hydrogen) atoms. The minimum Gasteiger partial charge on any atom is -0.448 e. The summed E-state index contributed by atoms with van der Waals surface area (Å²) in [6.45, 7) is 0.234. The molecule has 0 aliphatic carbocycles. The van der Waals surface area contributed by atoms with Gasteiger partial charge in [-0.15, -0.1) is 0 Å². The van der Waals surface area contributed by atoms with Gasteiger partial charge in [0.15, 0.2) is 29.0 Å². The van der Waals surface area contributed by atoms with Crippen LogP contribution < -0.4 is 10.5 Å². The average Bonchev–Trinajstić information content (AvgIpc) is 2.38. The molecular formula is C14H11F4NO. The lowest BCUT2D eigenvalue weighted by Gasteiger charge is -2.10. The first-order valence-electron chi connectivity index (χ1n) is 5.82. The molecule has 0 amide bonds. The molecule has 0 bridgehead atoms. The van der Waals surface area contributed by atoms with E-state index in [2.05, 4.69) is 0 Å². The molecule has 2 nitrogen and oxygen atoms in total. The van der Waals surface area contributed by atoms with Gasteiger partial charge in [-0.05, 0) is 42.8 Å². The predicted molar refractivity (Wildman–Crippen MR) is 65.5 cm³/mol. The predicted octanol–water partition coefficient (Wildman–Crippen LogP) is 3.54. The number of hydrogen-bond donors (Lipinski definition) is 1. The molecule has 2 aromatic rings. The van der Waals surface area contributed by atoms with E-state index in [1.807, 2.05) is 0 Å². The lowest BCUT2D eigenvalue weighted by atomic mass is 10.1. The first-order valence-corrected chi connectivity index (χ1v) is 5.82. The summed E-state index contributed by atoms with van der Waals surface area (Å²) >= 11 is 0. The summed E-state index contributed by atoms with van der Waals surface area (Å²) in [5.74, 6) is -5.07. The zero-order valence-electron chi connectivity index (χ0n) is 10.3. The topological polar surface area (TPSA) is 35.2 Å². The van der Waals surface area contributed by atoms with E-state index >= 15 is 0 Å². The van der Waals surface area contributed by atoms with Crippen molar-refractivity contribution >= 4 is 0 Å². The van der Waals surface area contributed by atoms with E-state index in [0.717, 1.165) is 24.3 Å². The number of hydrogen-bond acceptors (Lipinski definition) is 2. The van der Waals surface area contributed by atoms with Crippen LogP contribution in [0.5, 0.6) is 11.5 Å². The molecule has 2 aromatic carbocycles. The molecule has 106 valence electrons. The van der Waals surface area contributed by atoms with Crippen molar-refractivity contribution in [3.63, 3.8) is 0 Å². The first-order chi connectivity index (χ1) is 9.51. The second-order valence-corrected chi connectivity index (χ2v) is 4.10. The lowest BCUT2D eigenvalue weighted by molar-refractivity contribution is 0.384. The standard InChI is InChI=1S/C14H11F4NO/c15-9-1-2-10(16)13(7-9)20-14-11(17)5-8(3-4-19)6-12(14)18/h1-2,5-7H,3-4,19H2. The van der Waals surface area contributed by atoms with Gasteiger partial charge >= 0.3 is 0 Å². The van der Waals surface area contributed by atoms with Crippen LogP contribution in [0, 0.1) is 23.3 Å². The maximum absolute atomic E-state index is 13.7. The highest BCUT2D eigenvalue weighted by molar-refractivity contribution is 5.36. The Balaban J connectivity index is 2.36. The molecule has 6 heteroatoms. The summed E-state index contributed by atoms with van der Waals surface area (Å²) in [6.07, 6.45) is 0.294. The smallest absolute Gasteiger partial charge is 0.198 e. The Morgan fingerprint density at radius 3 is 2.15 bits per heavy atom. The fraction of sp³-hybridized carbons (Fsp3) is 0.143. The van der Waals surface area contributed by atoms with Crippen LogP contribution in [0.25, 0.3) is 0 Å². The molecule has 0 aromatic heterocycles. The zero-order valence-corrected chi connectivity index (χ0v) is 10.3. The van der Waals surface area contributed by atoms with Gasteiger partial charge in [0.1, 0.15) is 5.82 Å². The van der Waals surface area contributed by atoms with Crippen molar-refractivity contribution in [1.29, 1.82) is 0 Å². The van der Waals surface area contributed by atoms with E-state index in [-0.39, 0.29) is 6.54 Å². The molecule has 2 rings (SSSR count). The maximum atomic E-state index is 13.7. The Morgan fingerprint density at radius 2 is 1.55 bits per heavy atom. The van der Waals surface area contributed by atoms with Crippen LogP contribution in [0.1, 0.15) is 5.56 Å². The number of nitrogens with two attached hydrogens (primary N) is 1. The highest BCUT2D eigenvalue weighted by Crippen LogP contribution is 2.30. The van der Waals surface area contributed by atoms with Crippen LogP contribution in [-0.4, -0.2) is 6.54 Å². The Morgan fingerprint density at radius 1 is 0.900 bits per heavy atom. The normalized spacial score (nSPS) is 10.7. The minimum atomic E-state index is -1.00. The van der Waals surface area contributed by atoms with Crippen molar-refractivity contribution in [2.45, 2.75) is 6.42 Å². The summed E-state index contributed by atoms with van der Waals surface area (Å²) in [4.78, 5) is 0. The molecule has 0 atom stereocenters. The SMILES string of the molecule is NCCc1cc(F)c(Oc2cc(F)ccc2F)c(F)c1. The van der Waals surface area contributed by atoms with Crippen molar-refractivity contribution in [2.24, 2.45) is 5.73 Å². The van der Waals surface area contributed by atoms with E-state index < -0.39 is 34.8 Å². The first kappa shape index (κ1) is 14.3. The largest absolute Gasteiger partial charge is 0.448 e. The molecule has 0 fully saturated rings. The molecule has 0 heterocycles. The number of halogens is 4. The summed E-state index contributed by atoms with van der Waals surface area (Å²) in [5, 5.41) is 0. The lowest BCUT2D eigenvalue weighted by Crippen LogP contribution is -2.04. The molecule has 2 N–H and O–H groups in total. The summed E-state index contributed by atoms with van der Waals surface area (Å²) in [5.41, 5.74) is 5.65. The van der Waals surface area contributed by atoms with Gasteiger partial charge in [0, 0.05) is 6.07 Å². The number of rotatable bonds is 4. The van der Waals surface area contributed by atoms with Crippen LogP contribution in [-0.2, 0) is 6.42 Å². The molecule has 0 spiro atoms. The van der Waals surface area contributed by atoms with Gasteiger partial charge in [0.2, 0.25) is 0 Å². The van der Waals surface area contributed by atoms with Crippen LogP contribution in [0.15, 0.2) is 30.3 Å². The van der Waals surface area contributed by atoms with Crippen LogP contribution in [0.4, 0.5) is 17.6 Å². The van der Waals surface area contributed by atoms with Crippen LogP contribution >= 0.6 is 0 Å². The fourth-order valence-corrected chi connectivity index (χ4v) is 1.69. The molecule has 0 saturated carbocycles. The minimum absolute atomic E-state index is 0.234. The van der Waals surface area contributed by atoms with Crippen molar-refractivity contribution in [2.75, 3.05) is 6.54 Å². The average molecular weight is 285 g/mol. The third-order valence-electron chi connectivity index (χ3n) is 2.60. The van der Waals surface area contributed by atoms with Crippen molar-refractivity contribution in [3.8, 4) is 11.5 Å². The zero-order chi connectivity index (χ0) is 14.7. The fourth-order valence-electron chi connectivity index (χ4n) is 1.69. The van der Waals surface area contributed by atoms with E-state index in [0.29, 0.717) is 18.1 Å². The molecule has 0 aliphatic heterocycles. The van der Waals surface area contributed by atoms with Crippen molar-refractivity contribution < 1.29 is 22.3 Å². The van der Waals surface area contributed by atoms with E-state index in [9.17, 15) is 17.6 Å². The molecule has 0 aliphatic rings. The summed E-state index contributed by atoms with van der Waals surface area (Å²) < 4.78 is 58.6. The highest BCUT2D eigenvalue weighted by Gasteiger charge is 2.16. The Hall–Kier alpha value is -2.08. The monoisotopic (exact) mass is 285 g/mol. The molecule has 0 saturated heterocycles. The van der Waals surface area contributed by atoms with Crippen molar-refractivity contribution in [3.05, 3.63) is 59.2 Å². The van der Waals surface area contributed by atoms with Gasteiger partial charge in [0.25, 0.3) is 0 Å². The number of ether oxygens (including phenoxy) is 1. The Kier molecular flexibility index (Phi) is 4.24. The Bertz CT molecular complexity index is 608. The second-order valence-electron chi connectivity index (χ2n) is 4.10. The van der Waals surface area contributed by atoms with Gasteiger partial charge in [-0.3, -0.25) is 0 Å². The van der Waals surface area contributed by atoms with E-state index in [4.69, 9.17) is 10.5 Å². The van der Waals surface area contributed by atoms with Gasteiger partial charge in [-0.2, -0.15) is 0 Å². The van der Waals surface area contributed by atoms with E-state index in [1.54, 1.807) is 0 Å². The summed E-state index contributed by atoms with van der Waals surface area (Å²) in [7, 11) is 0. The van der Waals surface area contributed by atoms with Gasteiger partial charge in [0.05, 0.1) is 0 Å². The third-order valence-corrected chi connectivity index (χ3v) is 2.60. The number of benzene rings is 2. The third kappa shape index (κ3) is 3.08. The van der Waals surface area contributed by atoms with Crippen LogP contribution in [0.3, 0.4) is 0 Å². The van der Waals surface area contributed by atoms with Crippen molar-refractivity contribution in [1.82, 2.24) is 0 Å². The molecule has 0 radical (unpaired) electrons. The maximum Gasteiger partial charge on any atom is 0.198 e. The van der Waals surface area contributed by atoms with Gasteiger partial charge in [-0.25, -0.2) is 17.6 Å².